The molecule has 0 fully saturated rings. The van der Waals surface area contributed by atoms with Crippen LogP contribution in [0, 0.1) is 10.1 Å². The molecule has 0 amide bonds. The van der Waals surface area contributed by atoms with Gasteiger partial charge in [0.25, 0.3) is 5.69 Å². The van der Waals surface area contributed by atoms with Gasteiger partial charge < -0.3 is 10.0 Å². The molecule has 2 aromatic carbocycles. The molecule has 6 heteroatoms. The van der Waals surface area contributed by atoms with Gasteiger partial charge in [0.15, 0.2) is 0 Å². The van der Waals surface area contributed by atoms with Crippen molar-refractivity contribution < 1.29 is 14.8 Å². The Balaban J connectivity index is 2.07. The van der Waals surface area contributed by atoms with E-state index in [1.54, 1.807) is 6.07 Å². The van der Waals surface area contributed by atoms with Crippen molar-refractivity contribution in [2.45, 2.75) is 6.42 Å². The maximum Gasteiger partial charge on any atom is 0.342 e. The molecule has 1 aliphatic rings. The normalized spacial score (nSPS) is 13.0. The van der Waals surface area contributed by atoms with Gasteiger partial charge in [-0.05, 0) is 30.2 Å². The van der Waals surface area contributed by atoms with Crippen LogP contribution in [0.1, 0.15) is 15.9 Å². The van der Waals surface area contributed by atoms with Crippen molar-refractivity contribution in [2.75, 3.05) is 11.4 Å². The van der Waals surface area contributed by atoms with Crippen LogP contribution in [0.4, 0.5) is 17.1 Å². The number of aromatic carboxylic acids is 1. The number of fused-ring (bicyclic) bond motifs is 1. The van der Waals surface area contributed by atoms with E-state index in [9.17, 15) is 14.9 Å². The van der Waals surface area contributed by atoms with Crippen molar-refractivity contribution in [1.29, 1.82) is 0 Å². The highest BCUT2D eigenvalue weighted by Gasteiger charge is 2.24. The molecule has 0 aromatic heterocycles. The number of rotatable bonds is 3. The molecule has 3 rings (SSSR count). The SMILES string of the molecule is O=C(O)c1cc(N2CCc3ccccc32)ccc1[N+](=O)[O-]. The fraction of sp³-hybridized carbons (Fsp3) is 0.133. The molecular formula is C15H12N2O4. The molecular weight excluding hydrogens is 272 g/mol. The number of anilines is 2. The highest BCUT2D eigenvalue weighted by molar-refractivity contribution is 5.94. The number of hydrogen-bond acceptors (Lipinski definition) is 4. The Bertz CT molecular complexity index is 742. The van der Waals surface area contributed by atoms with Crippen molar-refractivity contribution in [1.82, 2.24) is 0 Å². The summed E-state index contributed by atoms with van der Waals surface area (Å²) in [6.45, 7) is 0.732. The fourth-order valence-electron chi connectivity index (χ4n) is 2.63. The Morgan fingerprint density at radius 1 is 1.24 bits per heavy atom. The summed E-state index contributed by atoms with van der Waals surface area (Å²) < 4.78 is 0. The van der Waals surface area contributed by atoms with E-state index in [-0.39, 0.29) is 5.56 Å². The number of carboxylic acid groups (broad SMARTS) is 1. The monoisotopic (exact) mass is 284 g/mol. The van der Waals surface area contributed by atoms with Gasteiger partial charge in [0.1, 0.15) is 5.56 Å². The number of nitro groups is 1. The highest BCUT2D eigenvalue weighted by Crippen LogP contribution is 2.36. The maximum absolute atomic E-state index is 11.2. The molecule has 1 N–H and O–H groups in total. The molecule has 0 radical (unpaired) electrons. The number of carboxylic acids is 1. The van der Waals surface area contributed by atoms with E-state index < -0.39 is 16.6 Å². The minimum atomic E-state index is -1.30. The lowest BCUT2D eigenvalue weighted by Gasteiger charge is -2.19. The average Bonchev–Trinajstić information content (AvgIpc) is 2.90. The van der Waals surface area contributed by atoms with Crippen LogP contribution in [-0.2, 0) is 6.42 Å². The number of hydrogen-bond donors (Lipinski definition) is 1. The first-order valence-electron chi connectivity index (χ1n) is 6.45. The van der Waals surface area contributed by atoms with Gasteiger partial charge in [-0.2, -0.15) is 0 Å². The summed E-state index contributed by atoms with van der Waals surface area (Å²) in [6.07, 6.45) is 0.871. The molecule has 0 spiro atoms. The number of benzene rings is 2. The third-order valence-corrected chi connectivity index (χ3v) is 3.61. The van der Waals surface area contributed by atoms with Gasteiger partial charge in [-0.15, -0.1) is 0 Å². The molecule has 0 aliphatic carbocycles. The zero-order chi connectivity index (χ0) is 15.0. The summed E-state index contributed by atoms with van der Waals surface area (Å²) in [5, 5.41) is 20.0. The van der Waals surface area contributed by atoms with Crippen LogP contribution in [0.25, 0.3) is 0 Å². The molecule has 1 aliphatic heterocycles. The summed E-state index contributed by atoms with van der Waals surface area (Å²) in [7, 11) is 0. The summed E-state index contributed by atoms with van der Waals surface area (Å²) in [5.74, 6) is -1.30. The first-order chi connectivity index (χ1) is 10.1. The van der Waals surface area contributed by atoms with Crippen molar-refractivity contribution in [3.05, 3.63) is 63.7 Å². The predicted octanol–water partition coefficient (Wildman–Crippen LogP) is 2.99. The Hall–Kier alpha value is -2.89. The Kier molecular flexibility index (Phi) is 3.06. The van der Waals surface area contributed by atoms with E-state index in [1.807, 2.05) is 29.2 Å². The van der Waals surface area contributed by atoms with Crippen LogP contribution >= 0.6 is 0 Å². The standard InChI is InChI=1S/C15H12N2O4/c18-15(19)12-9-11(5-6-14(12)17(20)21)16-8-7-10-3-1-2-4-13(10)16/h1-6,9H,7-8H2,(H,18,19). The molecule has 0 unspecified atom stereocenters. The van der Waals surface area contributed by atoms with Crippen LogP contribution in [0.5, 0.6) is 0 Å². The fourth-order valence-corrected chi connectivity index (χ4v) is 2.63. The largest absolute Gasteiger partial charge is 0.477 e. The van der Waals surface area contributed by atoms with Gasteiger partial charge in [-0.3, -0.25) is 10.1 Å². The van der Waals surface area contributed by atoms with Gasteiger partial charge in [-0.1, -0.05) is 18.2 Å². The van der Waals surface area contributed by atoms with Gasteiger partial charge in [0.2, 0.25) is 0 Å². The van der Waals surface area contributed by atoms with Crippen molar-refractivity contribution in [2.24, 2.45) is 0 Å². The molecule has 0 saturated heterocycles. The number of carbonyl (C=O) groups is 1. The smallest absolute Gasteiger partial charge is 0.342 e. The number of para-hydroxylation sites is 1. The molecule has 0 saturated carbocycles. The van der Waals surface area contributed by atoms with E-state index in [4.69, 9.17) is 5.11 Å². The average molecular weight is 284 g/mol. The number of nitro benzene ring substituents is 1. The van der Waals surface area contributed by atoms with Gasteiger partial charge in [0.05, 0.1) is 4.92 Å². The van der Waals surface area contributed by atoms with E-state index in [1.165, 1.54) is 17.7 Å². The number of nitrogens with zero attached hydrogens (tertiary/aromatic N) is 2. The molecule has 106 valence electrons. The van der Waals surface area contributed by atoms with Crippen molar-refractivity contribution >= 4 is 23.0 Å². The van der Waals surface area contributed by atoms with E-state index in [2.05, 4.69) is 0 Å². The second kappa shape index (κ2) is 4.90. The molecule has 0 atom stereocenters. The lowest BCUT2D eigenvalue weighted by molar-refractivity contribution is -0.385. The molecule has 1 heterocycles. The van der Waals surface area contributed by atoms with Gasteiger partial charge in [-0.25, -0.2) is 4.79 Å². The first kappa shape index (κ1) is 13.1. The third-order valence-electron chi connectivity index (χ3n) is 3.61. The van der Waals surface area contributed by atoms with Crippen molar-refractivity contribution in [3.63, 3.8) is 0 Å². The minimum Gasteiger partial charge on any atom is -0.477 e. The second-order valence-corrected chi connectivity index (χ2v) is 4.79. The zero-order valence-corrected chi connectivity index (χ0v) is 11.0. The predicted molar refractivity (Wildman–Crippen MR) is 77.2 cm³/mol. The molecule has 0 bridgehead atoms. The summed E-state index contributed by atoms with van der Waals surface area (Å²) >= 11 is 0. The molecule has 6 nitrogen and oxygen atoms in total. The Morgan fingerprint density at radius 2 is 2.00 bits per heavy atom. The Labute approximate surface area is 120 Å². The van der Waals surface area contributed by atoms with Crippen LogP contribution in [0.15, 0.2) is 42.5 Å². The van der Waals surface area contributed by atoms with Crippen LogP contribution < -0.4 is 4.90 Å². The summed E-state index contributed by atoms with van der Waals surface area (Å²) in [5.41, 5.74) is 2.18. The van der Waals surface area contributed by atoms with E-state index in [0.717, 1.165) is 18.7 Å². The van der Waals surface area contributed by atoms with E-state index >= 15 is 0 Å². The quantitative estimate of drug-likeness (QED) is 0.692. The molecule has 2 aromatic rings. The lowest BCUT2D eigenvalue weighted by atomic mass is 10.1. The maximum atomic E-state index is 11.2. The summed E-state index contributed by atoms with van der Waals surface area (Å²) in [6, 6.07) is 12.1. The second-order valence-electron chi connectivity index (χ2n) is 4.79. The minimum absolute atomic E-state index is 0.290. The van der Waals surface area contributed by atoms with E-state index in [0.29, 0.717) is 5.69 Å². The van der Waals surface area contributed by atoms with Crippen LogP contribution in [0.3, 0.4) is 0 Å². The molecule has 21 heavy (non-hydrogen) atoms. The van der Waals surface area contributed by atoms with Gasteiger partial charge in [0, 0.05) is 24.0 Å². The van der Waals surface area contributed by atoms with Crippen LogP contribution in [0.2, 0.25) is 0 Å². The summed E-state index contributed by atoms with van der Waals surface area (Å²) in [4.78, 5) is 23.4. The first-order valence-corrected chi connectivity index (χ1v) is 6.45. The van der Waals surface area contributed by atoms with Crippen molar-refractivity contribution in [3.8, 4) is 0 Å². The topological polar surface area (TPSA) is 83.7 Å². The highest BCUT2D eigenvalue weighted by atomic mass is 16.6. The zero-order valence-electron chi connectivity index (χ0n) is 11.0. The lowest BCUT2D eigenvalue weighted by Crippen LogP contribution is -2.14. The third kappa shape index (κ3) is 2.20. The van der Waals surface area contributed by atoms with Crippen LogP contribution in [-0.4, -0.2) is 22.5 Å². The Morgan fingerprint density at radius 3 is 2.71 bits per heavy atom. The van der Waals surface area contributed by atoms with Gasteiger partial charge >= 0.3 is 5.97 Å².